The third kappa shape index (κ3) is 22.5. The van der Waals surface area contributed by atoms with Crippen molar-refractivity contribution in [2.75, 3.05) is 0 Å². The second kappa shape index (κ2) is 9.51. The molecule has 0 radical (unpaired) electrons. The molecule has 48 valence electrons. The molecule has 0 spiro atoms. The molecule has 0 aromatic carbocycles. The van der Waals surface area contributed by atoms with Gasteiger partial charge in [-0.15, -0.1) is 12.4 Å². The predicted molar refractivity (Wildman–Crippen MR) is 36.2 cm³/mol. The van der Waals surface area contributed by atoms with Gasteiger partial charge in [-0.2, -0.15) is 0 Å². The highest BCUT2D eigenvalue weighted by molar-refractivity contribution is 5.85. The first-order valence-corrected chi connectivity index (χ1v) is 2.03. The van der Waals surface area contributed by atoms with Crippen LogP contribution in [0.4, 0.5) is 0 Å². The van der Waals surface area contributed by atoms with E-state index in [-0.39, 0.29) is 18.6 Å². The van der Waals surface area contributed by atoms with Crippen molar-refractivity contribution < 1.29 is 0 Å². The van der Waals surface area contributed by atoms with Crippen LogP contribution >= 0.6 is 12.4 Å². The standard InChI is InChI=1S/C4H11N.ClH.H3N/c1-3-4(2)5;;/h4H,3,5H2,1-2H3;1H;1H3. The van der Waals surface area contributed by atoms with E-state index in [1.807, 2.05) is 6.92 Å². The minimum atomic E-state index is 0. The molecule has 0 rings (SSSR count). The molecule has 0 saturated heterocycles. The van der Waals surface area contributed by atoms with Gasteiger partial charge >= 0.3 is 0 Å². The predicted octanol–water partition coefficient (Wildman–Crippen LogP) is 1.33. The van der Waals surface area contributed by atoms with Crippen molar-refractivity contribution >= 4 is 12.4 Å². The van der Waals surface area contributed by atoms with Crippen LogP contribution < -0.4 is 11.9 Å². The number of nitrogens with two attached hydrogens (primary N) is 1. The lowest BCUT2D eigenvalue weighted by molar-refractivity contribution is 0.715. The van der Waals surface area contributed by atoms with E-state index < -0.39 is 0 Å². The summed E-state index contributed by atoms with van der Waals surface area (Å²) in [5.41, 5.74) is 5.29. The van der Waals surface area contributed by atoms with E-state index in [4.69, 9.17) is 5.73 Å². The summed E-state index contributed by atoms with van der Waals surface area (Å²) >= 11 is 0. The van der Waals surface area contributed by atoms with Gasteiger partial charge in [0.1, 0.15) is 0 Å². The van der Waals surface area contributed by atoms with E-state index in [0.717, 1.165) is 6.42 Å². The molecular formula is C4H15ClN2. The van der Waals surface area contributed by atoms with Crippen LogP contribution in [-0.4, -0.2) is 6.04 Å². The van der Waals surface area contributed by atoms with Gasteiger partial charge in [0.05, 0.1) is 0 Å². The number of halogens is 1. The first-order chi connectivity index (χ1) is 2.27. The maximum Gasteiger partial charge on any atom is 0.000781 e. The van der Waals surface area contributed by atoms with Gasteiger partial charge in [-0.1, -0.05) is 6.92 Å². The number of hydrogen-bond acceptors (Lipinski definition) is 2. The van der Waals surface area contributed by atoms with Crippen LogP contribution in [0.15, 0.2) is 0 Å². The number of hydrogen-bond donors (Lipinski definition) is 2. The van der Waals surface area contributed by atoms with E-state index >= 15 is 0 Å². The third-order valence-corrected chi connectivity index (χ3v) is 0.644. The highest BCUT2D eigenvalue weighted by Crippen LogP contribution is 1.77. The van der Waals surface area contributed by atoms with E-state index in [0.29, 0.717) is 6.04 Å². The molecule has 0 bridgehead atoms. The quantitative estimate of drug-likeness (QED) is 0.557. The van der Waals surface area contributed by atoms with Crippen molar-refractivity contribution in [3.63, 3.8) is 0 Å². The van der Waals surface area contributed by atoms with Gasteiger partial charge in [-0.05, 0) is 13.3 Å². The fraction of sp³-hybridized carbons (Fsp3) is 1.00. The smallest absolute Gasteiger partial charge is 0.000781 e. The molecule has 0 aromatic heterocycles. The van der Waals surface area contributed by atoms with Gasteiger partial charge in [0.25, 0.3) is 0 Å². The number of rotatable bonds is 1. The van der Waals surface area contributed by atoms with Crippen molar-refractivity contribution in [1.82, 2.24) is 6.15 Å². The Hall–Kier alpha value is 0.210. The van der Waals surface area contributed by atoms with Crippen LogP contribution in [0.25, 0.3) is 0 Å². The minimum Gasteiger partial charge on any atom is -0.344 e. The molecule has 0 aliphatic carbocycles. The van der Waals surface area contributed by atoms with Crippen LogP contribution in [-0.2, 0) is 0 Å². The molecule has 0 aliphatic rings. The van der Waals surface area contributed by atoms with Crippen LogP contribution in [0.2, 0.25) is 0 Å². The monoisotopic (exact) mass is 126 g/mol. The Morgan fingerprint density at radius 1 is 1.57 bits per heavy atom. The zero-order valence-electron chi connectivity index (χ0n) is 4.98. The first kappa shape index (κ1) is 15.7. The summed E-state index contributed by atoms with van der Waals surface area (Å²) < 4.78 is 0. The van der Waals surface area contributed by atoms with Crippen molar-refractivity contribution in [1.29, 1.82) is 0 Å². The summed E-state index contributed by atoms with van der Waals surface area (Å²) in [5.74, 6) is 0. The van der Waals surface area contributed by atoms with Gasteiger partial charge in [-0.3, -0.25) is 0 Å². The zero-order chi connectivity index (χ0) is 4.28. The average molecular weight is 127 g/mol. The highest BCUT2D eigenvalue weighted by Gasteiger charge is 1.79. The Morgan fingerprint density at radius 2 is 1.71 bits per heavy atom. The van der Waals surface area contributed by atoms with Crippen LogP contribution in [0, 0.1) is 0 Å². The van der Waals surface area contributed by atoms with Crippen molar-refractivity contribution in [2.24, 2.45) is 5.73 Å². The Morgan fingerprint density at radius 3 is 1.71 bits per heavy atom. The van der Waals surface area contributed by atoms with Crippen LogP contribution in [0.1, 0.15) is 20.3 Å². The first-order valence-electron chi connectivity index (χ1n) is 2.03. The Labute approximate surface area is 51.5 Å². The molecule has 1 unspecified atom stereocenters. The van der Waals surface area contributed by atoms with Gasteiger partial charge in [0.2, 0.25) is 0 Å². The highest BCUT2D eigenvalue weighted by atomic mass is 35.5. The average Bonchev–Trinajstić information content (AvgIpc) is 1.38. The largest absolute Gasteiger partial charge is 0.344 e. The van der Waals surface area contributed by atoms with E-state index in [2.05, 4.69) is 6.92 Å². The van der Waals surface area contributed by atoms with Crippen molar-refractivity contribution in [3.8, 4) is 0 Å². The van der Waals surface area contributed by atoms with Crippen LogP contribution in [0.3, 0.4) is 0 Å². The topological polar surface area (TPSA) is 61.0 Å². The molecule has 1 atom stereocenters. The fourth-order valence-electron chi connectivity index (χ4n) is 0. The van der Waals surface area contributed by atoms with Gasteiger partial charge in [-0.25, -0.2) is 0 Å². The summed E-state index contributed by atoms with van der Waals surface area (Å²) in [6.07, 6.45) is 1.08. The molecular weight excluding hydrogens is 112 g/mol. The molecule has 7 heavy (non-hydrogen) atoms. The van der Waals surface area contributed by atoms with E-state index in [1.54, 1.807) is 0 Å². The molecule has 0 heterocycles. The molecule has 3 heteroatoms. The summed E-state index contributed by atoms with van der Waals surface area (Å²) in [6, 6.07) is 0.384. The summed E-state index contributed by atoms with van der Waals surface area (Å²) in [5, 5.41) is 0. The van der Waals surface area contributed by atoms with Gasteiger partial charge in [0.15, 0.2) is 0 Å². The van der Waals surface area contributed by atoms with E-state index in [9.17, 15) is 0 Å². The van der Waals surface area contributed by atoms with Gasteiger partial charge in [0, 0.05) is 6.04 Å². The summed E-state index contributed by atoms with van der Waals surface area (Å²) in [4.78, 5) is 0. The Kier molecular flexibility index (Phi) is 21.3. The van der Waals surface area contributed by atoms with E-state index in [1.165, 1.54) is 0 Å². The summed E-state index contributed by atoms with van der Waals surface area (Å²) in [6.45, 7) is 4.07. The maximum absolute atomic E-state index is 5.29. The molecule has 0 amide bonds. The van der Waals surface area contributed by atoms with Crippen molar-refractivity contribution in [2.45, 2.75) is 26.3 Å². The SMILES string of the molecule is CCC(C)N.Cl.N. The molecule has 0 saturated carbocycles. The van der Waals surface area contributed by atoms with Crippen molar-refractivity contribution in [3.05, 3.63) is 0 Å². The molecule has 0 aliphatic heterocycles. The molecule has 0 aromatic rings. The maximum atomic E-state index is 5.29. The molecule has 0 fully saturated rings. The lowest BCUT2D eigenvalue weighted by Gasteiger charge is -1.91. The minimum absolute atomic E-state index is 0. The molecule has 2 nitrogen and oxygen atoms in total. The third-order valence-electron chi connectivity index (χ3n) is 0.644. The lowest BCUT2D eigenvalue weighted by Crippen LogP contribution is -2.11. The normalized spacial score (nSPS) is 10.7. The zero-order valence-corrected chi connectivity index (χ0v) is 5.79. The second-order valence-corrected chi connectivity index (χ2v) is 1.39. The Bertz CT molecular complexity index is 23.7. The Balaban J connectivity index is -0.0000000800. The molecule has 5 N–H and O–H groups in total. The lowest BCUT2D eigenvalue weighted by atomic mass is 10.3. The summed E-state index contributed by atoms with van der Waals surface area (Å²) in [7, 11) is 0. The van der Waals surface area contributed by atoms with Gasteiger partial charge < -0.3 is 11.9 Å². The second-order valence-electron chi connectivity index (χ2n) is 1.39. The fourth-order valence-corrected chi connectivity index (χ4v) is 0. The van der Waals surface area contributed by atoms with Crippen LogP contribution in [0.5, 0.6) is 0 Å².